The molecule has 0 radical (unpaired) electrons. The lowest BCUT2D eigenvalue weighted by atomic mass is 9.77. The predicted octanol–water partition coefficient (Wildman–Crippen LogP) is 2.56. The van der Waals surface area contributed by atoms with Crippen LogP contribution in [-0.2, 0) is 19.1 Å². The zero-order chi connectivity index (χ0) is 34.4. The molecule has 5 aliphatic rings. The third-order valence-electron chi connectivity index (χ3n) is 10.5. The summed E-state index contributed by atoms with van der Waals surface area (Å²) >= 11 is 0. The number of hydrogen-bond donors (Lipinski definition) is 2. The molecule has 1 aromatic carbocycles. The number of hydrazine groups is 1. The third kappa shape index (κ3) is 6.80. The van der Waals surface area contributed by atoms with Crippen LogP contribution in [0.3, 0.4) is 0 Å². The number of nitrogens with zero attached hydrogens (tertiary/aromatic N) is 5. The molecule has 12 nitrogen and oxygen atoms in total. The van der Waals surface area contributed by atoms with Gasteiger partial charge in [0.05, 0.1) is 13.2 Å². The molecule has 15 heteroatoms. The van der Waals surface area contributed by atoms with Crippen LogP contribution in [0.4, 0.5) is 23.7 Å². The number of para-hydroxylation sites is 1. The van der Waals surface area contributed by atoms with Crippen molar-refractivity contribution >= 4 is 29.5 Å². The SMILES string of the molecule is CC(C)(C)OC(=O)N1CCN(C(=O)CN2CN(c3ccccc3)C3(CCN(C(=O)C4CCC5NNCC5C4)CC3)C2=O)C[C@H]1C(F)(F)F. The fourth-order valence-electron chi connectivity index (χ4n) is 7.99. The van der Waals surface area contributed by atoms with E-state index in [1.165, 1.54) is 4.90 Å². The number of benzene rings is 1. The molecule has 4 amide bonds. The Morgan fingerprint density at radius 1 is 0.979 bits per heavy atom. The second-order valence-corrected chi connectivity index (χ2v) is 14.7. The molecule has 0 bridgehead atoms. The maximum Gasteiger partial charge on any atom is 0.410 e. The van der Waals surface area contributed by atoms with E-state index in [0.29, 0.717) is 42.8 Å². The summed E-state index contributed by atoms with van der Waals surface area (Å²) in [7, 11) is 0. The van der Waals surface area contributed by atoms with Crippen LogP contribution in [-0.4, -0.2) is 125 Å². The number of ether oxygens (including phenoxy) is 1. The van der Waals surface area contributed by atoms with Crippen molar-refractivity contribution in [2.24, 2.45) is 11.8 Å². The molecule has 3 unspecified atom stereocenters. The van der Waals surface area contributed by atoms with Crippen LogP contribution in [0.5, 0.6) is 0 Å². The number of piperazine rings is 1. The van der Waals surface area contributed by atoms with Crippen molar-refractivity contribution < 1.29 is 37.1 Å². The van der Waals surface area contributed by atoms with Gasteiger partial charge in [0.2, 0.25) is 11.8 Å². The van der Waals surface area contributed by atoms with Gasteiger partial charge in [0.1, 0.15) is 23.7 Å². The monoisotopic (exact) mass is 677 g/mol. The van der Waals surface area contributed by atoms with Crippen molar-refractivity contribution in [1.29, 1.82) is 0 Å². The third-order valence-corrected chi connectivity index (χ3v) is 10.5. The van der Waals surface area contributed by atoms with E-state index in [1.807, 2.05) is 40.1 Å². The molecule has 4 atom stereocenters. The van der Waals surface area contributed by atoms with E-state index in [0.717, 1.165) is 36.4 Å². The Bertz CT molecular complexity index is 1380. The summed E-state index contributed by atoms with van der Waals surface area (Å²) in [6, 6.07) is 7.55. The van der Waals surface area contributed by atoms with Gasteiger partial charge in [-0.2, -0.15) is 13.2 Å². The second kappa shape index (κ2) is 13.0. The lowest BCUT2D eigenvalue weighted by Gasteiger charge is -2.44. The highest BCUT2D eigenvalue weighted by Gasteiger charge is 2.56. The minimum atomic E-state index is -4.79. The first kappa shape index (κ1) is 34.3. The molecule has 48 heavy (non-hydrogen) atoms. The van der Waals surface area contributed by atoms with E-state index in [9.17, 15) is 32.3 Å². The zero-order valence-corrected chi connectivity index (χ0v) is 27.8. The van der Waals surface area contributed by atoms with Crippen molar-refractivity contribution in [2.75, 3.05) is 57.4 Å². The molecule has 0 aromatic heterocycles. The van der Waals surface area contributed by atoms with Gasteiger partial charge in [0.25, 0.3) is 5.91 Å². The Balaban J connectivity index is 1.14. The maximum absolute atomic E-state index is 14.2. The lowest BCUT2D eigenvalue weighted by Crippen LogP contribution is -2.63. The topological polar surface area (TPSA) is 118 Å². The van der Waals surface area contributed by atoms with Crippen LogP contribution in [0.1, 0.15) is 52.9 Å². The van der Waals surface area contributed by atoms with Crippen molar-refractivity contribution in [3.8, 4) is 0 Å². The average molecular weight is 678 g/mol. The minimum Gasteiger partial charge on any atom is -0.444 e. The second-order valence-electron chi connectivity index (χ2n) is 14.7. The summed E-state index contributed by atoms with van der Waals surface area (Å²) in [5.74, 6) is -0.381. The number of anilines is 1. The molecule has 5 fully saturated rings. The van der Waals surface area contributed by atoms with Gasteiger partial charge in [0, 0.05) is 50.4 Å². The van der Waals surface area contributed by atoms with E-state index in [1.54, 1.807) is 20.8 Å². The number of fused-ring (bicyclic) bond motifs is 1. The molecular formula is C33H46F3N7O5. The van der Waals surface area contributed by atoms with Gasteiger partial charge in [-0.3, -0.25) is 30.1 Å². The minimum absolute atomic E-state index is 0.0445. The predicted molar refractivity (Wildman–Crippen MR) is 169 cm³/mol. The normalized spacial score (nSPS) is 27.8. The number of likely N-dealkylation sites (tertiary alicyclic amines) is 1. The molecule has 1 aromatic rings. The summed E-state index contributed by atoms with van der Waals surface area (Å²) in [6.07, 6.45) is -2.53. The Morgan fingerprint density at radius 2 is 1.69 bits per heavy atom. The number of nitrogens with one attached hydrogen (secondary N) is 2. The van der Waals surface area contributed by atoms with Gasteiger partial charge < -0.3 is 24.3 Å². The van der Waals surface area contributed by atoms with E-state index < -0.39 is 48.4 Å². The number of carbonyl (C=O) groups excluding carboxylic acids is 4. The van der Waals surface area contributed by atoms with Gasteiger partial charge in [-0.1, -0.05) is 18.2 Å². The van der Waals surface area contributed by atoms with E-state index in [-0.39, 0.29) is 37.5 Å². The zero-order valence-electron chi connectivity index (χ0n) is 27.8. The van der Waals surface area contributed by atoms with Crippen molar-refractivity contribution in [2.45, 2.75) is 82.3 Å². The molecule has 4 aliphatic heterocycles. The van der Waals surface area contributed by atoms with Gasteiger partial charge in [-0.05, 0) is 70.9 Å². The van der Waals surface area contributed by atoms with Crippen LogP contribution < -0.4 is 15.8 Å². The van der Waals surface area contributed by atoms with Crippen LogP contribution in [0.25, 0.3) is 0 Å². The van der Waals surface area contributed by atoms with Gasteiger partial charge in [-0.15, -0.1) is 0 Å². The first-order valence-electron chi connectivity index (χ1n) is 16.9. The van der Waals surface area contributed by atoms with E-state index in [2.05, 4.69) is 10.9 Å². The summed E-state index contributed by atoms with van der Waals surface area (Å²) in [5, 5.41) is 0. The standard InChI is InChI=1S/C33H46F3N7O5/c1-31(2,3)48-30(47)42-16-15-40(19-26(42)33(34,35)36)27(44)20-41-21-43(24-7-5-4-6-8-24)32(29(41)46)11-13-39(14-12-32)28(45)22-9-10-25-23(17-22)18-37-38-25/h4-8,22-23,25-26,37-38H,9-21H2,1-3H3/t22?,23?,25?,26-/m0/s1. The summed E-state index contributed by atoms with van der Waals surface area (Å²) in [5.41, 5.74) is 5.32. The van der Waals surface area contributed by atoms with Crippen LogP contribution in [0.2, 0.25) is 0 Å². The summed E-state index contributed by atoms with van der Waals surface area (Å²) in [6.45, 7) is 4.85. The fraction of sp³-hybridized carbons (Fsp3) is 0.697. The average Bonchev–Trinajstić information content (AvgIpc) is 3.62. The van der Waals surface area contributed by atoms with Crippen LogP contribution >= 0.6 is 0 Å². The van der Waals surface area contributed by atoms with E-state index >= 15 is 0 Å². The largest absolute Gasteiger partial charge is 0.444 e. The molecule has 1 spiro atoms. The molecule has 6 rings (SSSR count). The molecule has 1 aliphatic carbocycles. The lowest BCUT2D eigenvalue weighted by molar-refractivity contribution is -0.194. The molecule has 4 saturated heterocycles. The highest BCUT2D eigenvalue weighted by atomic mass is 19.4. The highest BCUT2D eigenvalue weighted by Crippen LogP contribution is 2.41. The number of hydrogen-bond acceptors (Lipinski definition) is 8. The summed E-state index contributed by atoms with van der Waals surface area (Å²) in [4.78, 5) is 61.0. The molecular weight excluding hydrogens is 631 g/mol. The highest BCUT2D eigenvalue weighted by molar-refractivity contribution is 5.96. The number of alkyl halides is 3. The Labute approximate surface area is 278 Å². The van der Waals surface area contributed by atoms with Crippen molar-refractivity contribution in [3.05, 3.63) is 30.3 Å². The van der Waals surface area contributed by atoms with Crippen LogP contribution in [0.15, 0.2) is 30.3 Å². The van der Waals surface area contributed by atoms with Gasteiger partial charge >= 0.3 is 12.3 Å². The first-order chi connectivity index (χ1) is 22.7. The molecule has 4 heterocycles. The number of piperidine rings is 1. The van der Waals surface area contributed by atoms with Gasteiger partial charge in [-0.25, -0.2) is 4.79 Å². The van der Waals surface area contributed by atoms with Crippen molar-refractivity contribution in [1.82, 2.24) is 30.5 Å². The Hall–Kier alpha value is -3.59. The molecule has 2 N–H and O–H groups in total. The first-order valence-corrected chi connectivity index (χ1v) is 16.9. The quantitative estimate of drug-likeness (QED) is 0.500. The fourth-order valence-corrected chi connectivity index (χ4v) is 7.99. The molecule has 1 saturated carbocycles. The Kier molecular flexibility index (Phi) is 9.31. The number of carbonyl (C=O) groups is 4. The number of amides is 4. The number of halogens is 3. The molecule has 264 valence electrons. The Morgan fingerprint density at radius 3 is 2.35 bits per heavy atom. The maximum atomic E-state index is 14.2. The van der Waals surface area contributed by atoms with Crippen LogP contribution in [0, 0.1) is 11.8 Å². The summed E-state index contributed by atoms with van der Waals surface area (Å²) < 4.78 is 47.6. The van der Waals surface area contributed by atoms with E-state index in [4.69, 9.17) is 4.74 Å². The van der Waals surface area contributed by atoms with Crippen molar-refractivity contribution in [3.63, 3.8) is 0 Å². The number of rotatable bonds is 4. The smallest absolute Gasteiger partial charge is 0.410 e. The van der Waals surface area contributed by atoms with Gasteiger partial charge in [0.15, 0.2) is 0 Å².